The lowest BCUT2D eigenvalue weighted by Crippen LogP contribution is -2.34. The lowest BCUT2D eigenvalue weighted by Gasteiger charge is -2.14. The van der Waals surface area contributed by atoms with Gasteiger partial charge in [-0.1, -0.05) is 20.3 Å². The predicted molar refractivity (Wildman–Crippen MR) is 66.8 cm³/mol. The summed E-state index contributed by atoms with van der Waals surface area (Å²) < 4.78 is 0. The third kappa shape index (κ3) is 9.81. The number of carboxylic acid groups (broad SMARTS) is 1. The maximum absolute atomic E-state index is 11.3. The molecule has 0 aliphatic heterocycles. The van der Waals surface area contributed by atoms with Crippen LogP contribution in [0.5, 0.6) is 0 Å². The monoisotopic (exact) mass is 244 g/mol. The summed E-state index contributed by atoms with van der Waals surface area (Å²) in [5, 5.41) is 14.4. The Bertz CT molecular complexity index is 232. The lowest BCUT2D eigenvalue weighted by atomic mass is 9.97. The Labute approximate surface area is 103 Å². The number of carbonyl (C=O) groups excluding carboxylic acids is 1. The first-order chi connectivity index (χ1) is 8.10. The van der Waals surface area contributed by atoms with Crippen LogP contribution in [-0.2, 0) is 9.59 Å². The van der Waals surface area contributed by atoms with Gasteiger partial charge in [0.15, 0.2) is 0 Å². The quantitative estimate of drug-likeness (QED) is 0.535. The average Bonchev–Trinajstić information content (AvgIpc) is 2.30. The van der Waals surface area contributed by atoms with Crippen molar-refractivity contribution in [3.8, 4) is 0 Å². The number of hydrogen-bond acceptors (Lipinski definition) is 3. The van der Waals surface area contributed by atoms with Gasteiger partial charge >= 0.3 is 5.97 Å². The molecule has 0 aromatic heterocycles. The summed E-state index contributed by atoms with van der Waals surface area (Å²) in [4.78, 5) is 21.7. The van der Waals surface area contributed by atoms with Gasteiger partial charge in [-0.3, -0.25) is 9.59 Å². The molecule has 1 amide bonds. The van der Waals surface area contributed by atoms with Crippen molar-refractivity contribution in [1.82, 2.24) is 10.6 Å². The van der Waals surface area contributed by atoms with Crippen LogP contribution in [0.15, 0.2) is 0 Å². The van der Waals surface area contributed by atoms with Gasteiger partial charge in [0.25, 0.3) is 0 Å². The number of amides is 1. The van der Waals surface area contributed by atoms with E-state index in [2.05, 4.69) is 10.6 Å². The van der Waals surface area contributed by atoms with Crippen LogP contribution in [0.4, 0.5) is 0 Å². The van der Waals surface area contributed by atoms with Gasteiger partial charge in [-0.2, -0.15) is 0 Å². The van der Waals surface area contributed by atoms with E-state index in [1.807, 2.05) is 13.8 Å². The minimum atomic E-state index is -0.750. The SMILES string of the molecule is CCNCC(=O)NCCC(CC)CCC(=O)O. The molecule has 1 atom stereocenters. The predicted octanol–water partition coefficient (Wildman–Crippen LogP) is 0.993. The standard InChI is InChI=1S/C12H24N2O3/c1-3-10(5-6-12(16)17)7-8-14-11(15)9-13-4-2/h10,13H,3-9H2,1-2H3,(H,14,15)(H,16,17). The van der Waals surface area contributed by atoms with Crippen molar-refractivity contribution in [1.29, 1.82) is 0 Å². The molecular formula is C12H24N2O3. The number of rotatable bonds is 10. The molecule has 0 saturated carbocycles. The second-order valence-electron chi connectivity index (χ2n) is 4.13. The maximum Gasteiger partial charge on any atom is 0.303 e. The van der Waals surface area contributed by atoms with E-state index in [4.69, 9.17) is 5.11 Å². The summed E-state index contributed by atoms with van der Waals surface area (Å²) >= 11 is 0. The van der Waals surface area contributed by atoms with Gasteiger partial charge in [-0.05, 0) is 25.3 Å². The minimum Gasteiger partial charge on any atom is -0.481 e. The van der Waals surface area contributed by atoms with Gasteiger partial charge in [-0.25, -0.2) is 0 Å². The third-order valence-corrected chi connectivity index (χ3v) is 2.75. The Kier molecular flexibility index (Phi) is 9.43. The van der Waals surface area contributed by atoms with Gasteiger partial charge in [0, 0.05) is 13.0 Å². The number of aliphatic carboxylic acids is 1. The van der Waals surface area contributed by atoms with E-state index in [1.54, 1.807) is 0 Å². The summed E-state index contributed by atoms with van der Waals surface area (Å²) in [6.45, 7) is 5.76. The molecule has 0 saturated heterocycles. The van der Waals surface area contributed by atoms with Gasteiger partial charge in [0.05, 0.1) is 6.54 Å². The highest BCUT2D eigenvalue weighted by Crippen LogP contribution is 2.14. The Morgan fingerprint density at radius 1 is 1.24 bits per heavy atom. The van der Waals surface area contributed by atoms with E-state index in [0.717, 1.165) is 19.4 Å². The van der Waals surface area contributed by atoms with Crippen LogP contribution in [0, 0.1) is 5.92 Å². The molecule has 1 unspecified atom stereocenters. The Balaban J connectivity index is 3.61. The van der Waals surface area contributed by atoms with E-state index >= 15 is 0 Å². The van der Waals surface area contributed by atoms with Crippen LogP contribution in [0.25, 0.3) is 0 Å². The number of likely N-dealkylation sites (N-methyl/N-ethyl adjacent to an activating group) is 1. The van der Waals surface area contributed by atoms with Crippen molar-refractivity contribution >= 4 is 11.9 Å². The first-order valence-corrected chi connectivity index (χ1v) is 6.29. The third-order valence-electron chi connectivity index (χ3n) is 2.75. The highest BCUT2D eigenvalue weighted by molar-refractivity contribution is 5.77. The fourth-order valence-corrected chi connectivity index (χ4v) is 1.60. The van der Waals surface area contributed by atoms with Crippen molar-refractivity contribution in [3.63, 3.8) is 0 Å². The van der Waals surface area contributed by atoms with Crippen molar-refractivity contribution in [2.75, 3.05) is 19.6 Å². The van der Waals surface area contributed by atoms with E-state index < -0.39 is 5.97 Å². The normalized spacial score (nSPS) is 12.1. The molecule has 0 aliphatic rings. The maximum atomic E-state index is 11.3. The van der Waals surface area contributed by atoms with Crippen molar-refractivity contribution in [3.05, 3.63) is 0 Å². The van der Waals surface area contributed by atoms with Crippen LogP contribution in [0.2, 0.25) is 0 Å². The highest BCUT2D eigenvalue weighted by atomic mass is 16.4. The van der Waals surface area contributed by atoms with E-state index in [0.29, 0.717) is 25.4 Å². The molecule has 0 bridgehead atoms. The molecule has 0 radical (unpaired) electrons. The van der Waals surface area contributed by atoms with Crippen molar-refractivity contribution in [2.24, 2.45) is 5.92 Å². The molecule has 0 aliphatic carbocycles. The van der Waals surface area contributed by atoms with Crippen LogP contribution < -0.4 is 10.6 Å². The zero-order valence-corrected chi connectivity index (χ0v) is 10.8. The Hall–Kier alpha value is -1.10. The summed E-state index contributed by atoms with van der Waals surface area (Å²) in [6, 6.07) is 0. The van der Waals surface area contributed by atoms with E-state index in [9.17, 15) is 9.59 Å². The summed E-state index contributed by atoms with van der Waals surface area (Å²) in [7, 11) is 0. The fraction of sp³-hybridized carbons (Fsp3) is 0.833. The minimum absolute atomic E-state index is 0.0000577. The molecular weight excluding hydrogens is 220 g/mol. The Morgan fingerprint density at radius 3 is 2.47 bits per heavy atom. The van der Waals surface area contributed by atoms with Gasteiger partial charge in [0.1, 0.15) is 0 Å². The molecule has 17 heavy (non-hydrogen) atoms. The summed E-state index contributed by atoms with van der Waals surface area (Å²) in [5.41, 5.74) is 0. The largest absolute Gasteiger partial charge is 0.481 e. The van der Waals surface area contributed by atoms with Crippen LogP contribution in [-0.4, -0.2) is 36.6 Å². The second kappa shape index (κ2) is 10.1. The number of hydrogen-bond donors (Lipinski definition) is 3. The zero-order chi connectivity index (χ0) is 13.1. The van der Waals surface area contributed by atoms with Crippen LogP contribution >= 0.6 is 0 Å². The van der Waals surface area contributed by atoms with Crippen LogP contribution in [0.3, 0.4) is 0 Å². The van der Waals surface area contributed by atoms with Crippen LogP contribution in [0.1, 0.15) is 39.5 Å². The smallest absolute Gasteiger partial charge is 0.303 e. The van der Waals surface area contributed by atoms with Gasteiger partial charge in [-0.15, -0.1) is 0 Å². The zero-order valence-electron chi connectivity index (χ0n) is 10.8. The molecule has 100 valence electrons. The summed E-state index contributed by atoms with van der Waals surface area (Å²) in [6.07, 6.45) is 2.71. The van der Waals surface area contributed by atoms with Gasteiger partial charge in [0.2, 0.25) is 5.91 Å². The first-order valence-electron chi connectivity index (χ1n) is 6.29. The molecule has 5 nitrogen and oxygen atoms in total. The summed E-state index contributed by atoms with van der Waals surface area (Å²) in [5.74, 6) is -0.370. The molecule has 5 heteroatoms. The number of carbonyl (C=O) groups is 2. The average molecular weight is 244 g/mol. The number of carboxylic acids is 1. The van der Waals surface area contributed by atoms with E-state index in [-0.39, 0.29) is 12.3 Å². The Morgan fingerprint density at radius 2 is 1.94 bits per heavy atom. The molecule has 0 heterocycles. The molecule has 0 fully saturated rings. The molecule has 0 spiro atoms. The topological polar surface area (TPSA) is 78.4 Å². The first kappa shape index (κ1) is 15.9. The second-order valence-corrected chi connectivity index (χ2v) is 4.13. The molecule has 0 aromatic carbocycles. The van der Waals surface area contributed by atoms with Crippen molar-refractivity contribution in [2.45, 2.75) is 39.5 Å². The van der Waals surface area contributed by atoms with Gasteiger partial charge < -0.3 is 15.7 Å². The number of nitrogens with one attached hydrogen (secondary N) is 2. The molecule has 0 aromatic rings. The highest BCUT2D eigenvalue weighted by Gasteiger charge is 2.09. The van der Waals surface area contributed by atoms with E-state index in [1.165, 1.54) is 0 Å². The lowest BCUT2D eigenvalue weighted by molar-refractivity contribution is -0.137. The molecule has 0 rings (SSSR count). The molecule has 3 N–H and O–H groups in total. The van der Waals surface area contributed by atoms with Crippen molar-refractivity contribution < 1.29 is 14.7 Å². The fourth-order valence-electron chi connectivity index (χ4n) is 1.60.